The molecule has 1 atom stereocenters. The molecule has 1 aliphatic rings. The summed E-state index contributed by atoms with van der Waals surface area (Å²) in [6.07, 6.45) is 2.33. The SMILES string of the molecule is COCCN1CCCC(CNC(=O)c2cc(C)nc(C)n2)C1. The minimum absolute atomic E-state index is 0.109. The number of nitrogens with one attached hydrogen (secondary N) is 1. The second-order valence-corrected chi connectivity index (χ2v) is 5.95. The lowest BCUT2D eigenvalue weighted by atomic mass is 9.98. The van der Waals surface area contributed by atoms with E-state index < -0.39 is 0 Å². The van der Waals surface area contributed by atoms with Crippen LogP contribution in [0.25, 0.3) is 0 Å². The largest absolute Gasteiger partial charge is 0.383 e. The van der Waals surface area contributed by atoms with E-state index in [1.165, 1.54) is 6.42 Å². The van der Waals surface area contributed by atoms with Gasteiger partial charge in [-0.3, -0.25) is 4.79 Å². The van der Waals surface area contributed by atoms with Crippen molar-refractivity contribution in [3.05, 3.63) is 23.3 Å². The molecule has 6 nitrogen and oxygen atoms in total. The molecule has 1 aromatic heterocycles. The predicted octanol–water partition coefficient (Wildman–Crippen LogP) is 1.18. The highest BCUT2D eigenvalue weighted by molar-refractivity contribution is 5.92. The number of carbonyl (C=O) groups excluding carboxylic acids is 1. The highest BCUT2D eigenvalue weighted by Crippen LogP contribution is 2.15. The van der Waals surface area contributed by atoms with Crippen LogP contribution in [0.5, 0.6) is 0 Å². The van der Waals surface area contributed by atoms with Crippen molar-refractivity contribution in [3.63, 3.8) is 0 Å². The van der Waals surface area contributed by atoms with E-state index in [9.17, 15) is 4.79 Å². The van der Waals surface area contributed by atoms with Gasteiger partial charge in [0.15, 0.2) is 0 Å². The Morgan fingerprint density at radius 3 is 3.00 bits per heavy atom. The lowest BCUT2D eigenvalue weighted by Gasteiger charge is -2.32. The molecule has 1 amide bonds. The molecular formula is C16H26N4O2. The van der Waals surface area contributed by atoms with Gasteiger partial charge in [0.1, 0.15) is 11.5 Å². The Morgan fingerprint density at radius 2 is 2.27 bits per heavy atom. The van der Waals surface area contributed by atoms with E-state index in [1.54, 1.807) is 20.1 Å². The number of aromatic nitrogens is 2. The first-order chi connectivity index (χ1) is 10.6. The molecule has 2 heterocycles. The molecule has 22 heavy (non-hydrogen) atoms. The maximum Gasteiger partial charge on any atom is 0.270 e. The number of piperidine rings is 1. The first-order valence-corrected chi connectivity index (χ1v) is 7.90. The molecule has 1 aliphatic heterocycles. The van der Waals surface area contributed by atoms with Gasteiger partial charge in [-0.2, -0.15) is 0 Å². The average Bonchev–Trinajstić information content (AvgIpc) is 2.50. The van der Waals surface area contributed by atoms with Crippen molar-refractivity contribution < 1.29 is 9.53 Å². The van der Waals surface area contributed by atoms with Crippen LogP contribution in [-0.2, 0) is 4.74 Å². The van der Waals surface area contributed by atoms with Gasteiger partial charge in [0.25, 0.3) is 5.91 Å². The molecule has 1 aromatic rings. The summed E-state index contributed by atoms with van der Waals surface area (Å²) >= 11 is 0. The molecule has 122 valence electrons. The van der Waals surface area contributed by atoms with E-state index in [1.807, 2.05) is 6.92 Å². The summed E-state index contributed by atoms with van der Waals surface area (Å²) in [4.78, 5) is 23.0. The van der Waals surface area contributed by atoms with Gasteiger partial charge in [0.2, 0.25) is 0 Å². The zero-order chi connectivity index (χ0) is 15.9. The molecule has 0 radical (unpaired) electrons. The van der Waals surface area contributed by atoms with Crippen LogP contribution in [0.1, 0.15) is 34.8 Å². The Bertz CT molecular complexity index is 487. The summed E-state index contributed by atoms with van der Waals surface area (Å²) in [6, 6.07) is 1.73. The van der Waals surface area contributed by atoms with Crippen LogP contribution in [0.2, 0.25) is 0 Å². The quantitative estimate of drug-likeness (QED) is 0.855. The van der Waals surface area contributed by atoms with Crippen LogP contribution < -0.4 is 5.32 Å². The Hall–Kier alpha value is -1.53. The van der Waals surface area contributed by atoms with Gasteiger partial charge in [-0.1, -0.05) is 0 Å². The summed E-state index contributed by atoms with van der Waals surface area (Å²) in [6.45, 7) is 8.25. The molecule has 1 N–H and O–H groups in total. The molecule has 1 fully saturated rings. The molecule has 0 bridgehead atoms. The number of carbonyl (C=O) groups is 1. The van der Waals surface area contributed by atoms with E-state index in [0.29, 0.717) is 24.0 Å². The molecular weight excluding hydrogens is 280 g/mol. The van der Waals surface area contributed by atoms with E-state index in [2.05, 4.69) is 20.2 Å². The minimum Gasteiger partial charge on any atom is -0.383 e. The summed E-state index contributed by atoms with van der Waals surface area (Å²) in [5, 5.41) is 3.01. The van der Waals surface area contributed by atoms with Gasteiger partial charge in [0.05, 0.1) is 6.61 Å². The third-order valence-corrected chi connectivity index (χ3v) is 3.96. The monoisotopic (exact) mass is 306 g/mol. The Labute approximate surface area is 132 Å². The fourth-order valence-corrected chi connectivity index (χ4v) is 2.90. The Morgan fingerprint density at radius 1 is 1.45 bits per heavy atom. The molecule has 0 aromatic carbocycles. The van der Waals surface area contributed by atoms with E-state index >= 15 is 0 Å². The number of hydrogen-bond acceptors (Lipinski definition) is 5. The molecule has 0 aliphatic carbocycles. The van der Waals surface area contributed by atoms with Crippen LogP contribution >= 0.6 is 0 Å². The summed E-state index contributed by atoms with van der Waals surface area (Å²) in [5.41, 5.74) is 1.28. The van der Waals surface area contributed by atoms with E-state index in [0.717, 1.165) is 38.4 Å². The van der Waals surface area contributed by atoms with Gasteiger partial charge in [-0.05, 0) is 45.2 Å². The van der Waals surface area contributed by atoms with Crippen molar-refractivity contribution in [2.45, 2.75) is 26.7 Å². The summed E-state index contributed by atoms with van der Waals surface area (Å²) in [7, 11) is 1.73. The van der Waals surface area contributed by atoms with Gasteiger partial charge < -0.3 is 15.0 Å². The lowest BCUT2D eigenvalue weighted by Crippen LogP contribution is -2.42. The number of methoxy groups -OCH3 is 1. The fraction of sp³-hybridized carbons (Fsp3) is 0.688. The maximum atomic E-state index is 12.2. The molecule has 2 rings (SSSR count). The van der Waals surface area contributed by atoms with Crippen LogP contribution in [0.4, 0.5) is 0 Å². The summed E-state index contributed by atoms with van der Waals surface area (Å²) in [5.74, 6) is 1.02. The predicted molar refractivity (Wildman–Crippen MR) is 84.9 cm³/mol. The smallest absolute Gasteiger partial charge is 0.270 e. The zero-order valence-corrected chi connectivity index (χ0v) is 13.8. The molecule has 1 saturated heterocycles. The molecule has 6 heteroatoms. The highest BCUT2D eigenvalue weighted by Gasteiger charge is 2.20. The molecule has 0 saturated carbocycles. The van der Waals surface area contributed by atoms with Gasteiger partial charge in [-0.25, -0.2) is 9.97 Å². The number of likely N-dealkylation sites (tertiary alicyclic amines) is 1. The van der Waals surface area contributed by atoms with Crippen LogP contribution in [0.3, 0.4) is 0 Å². The highest BCUT2D eigenvalue weighted by atomic mass is 16.5. The standard InChI is InChI=1S/C16H26N4O2/c1-12-9-15(19-13(2)18-12)16(21)17-10-14-5-4-6-20(11-14)7-8-22-3/h9,14H,4-8,10-11H2,1-3H3,(H,17,21). The maximum absolute atomic E-state index is 12.2. The van der Waals surface area contributed by atoms with Gasteiger partial charge in [-0.15, -0.1) is 0 Å². The number of nitrogens with zero attached hydrogens (tertiary/aromatic N) is 3. The van der Waals surface area contributed by atoms with Gasteiger partial charge >= 0.3 is 0 Å². The first kappa shape index (κ1) is 16.8. The van der Waals surface area contributed by atoms with Crippen LogP contribution in [0, 0.1) is 19.8 Å². The van der Waals surface area contributed by atoms with Crippen molar-refractivity contribution >= 4 is 5.91 Å². The molecule has 1 unspecified atom stereocenters. The second kappa shape index (κ2) is 8.19. The van der Waals surface area contributed by atoms with Crippen molar-refractivity contribution in [3.8, 4) is 0 Å². The molecule has 0 spiro atoms. The zero-order valence-electron chi connectivity index (χ0n) is 13.8. The summed E-state index contributed by atoms with van der Waals surface area (Å²) < 4.78 is 5.13. The topological polar surface area (TPSA) is 67.3 Å². The van der Waals surface area contributed by atoms with Gasteiger partial charge in [0, 0.05) is 32.4 Å². The Balaban J connectivity index is 1.82. The fourth-order valence-electron chi connectivity index (χ4n) is 2.90. The lowest BCUT2D eigenvalue weighted by molar-refractivity contribution is 0.0908. The third kappa shape index (κ3) is 5.03. The Kier molecular flexibility index (Phi) is 6.27. The normalized spacial score (nSPS) is 19.1. The number of ether oxygens (including phenoxy) is 1. The minimum atomic E-state index is -0.109. The first-order valence-electron chi connectivity index (χ1n) is 7.90. The van der Waals surface area contributed by atoms with E-state index in [-0.39, 0.29) is 5.91 Å². The van der Waals surface area contributed by atoms with Crippen molar-refractivity contribution in [1.82, 2.24) is 20.2 Å². The second-order valence-electron chi connectivity index (χ2n) is 5.95. The number of hydrogen-bond donors (Lipinski definition) is 1. The number of rotatable bonds is 6. The number of amides is 1. The van der Waals surface area contributed by atoms with E-state index in [4.69, 9.17) is 4.74 Å². The van der Waals surface area contributed by atoms with Crippen molar-refractivity contribution in [2.24, 2.45) is 5.92 Å². The third-order valence-electron chi connectivity index (χ3n) is 3.96. The van der Waals surface area contributed by atoms with Crippen LogP contribution in [-0.4, -0.2) is 60.7 Å². The van der Waals surface area contributed by atoms with Crippen molar-refractivity contribution in [1.29, 1.82) is 0 Å². The average molecular weight is 306 g/mol. The van der Waals surface area contributed by atoms with Crippen molar-refractivity contribution in [2.75, 3.05) is 39.9 Å². The van der Waals surface area contributed by atoms with Crippen LogP contribution in [0.15, 0.2) is 6.07 Å². The number of aryl methyl sites for hydroxylation is 2.